The highest BCUT2D eigenvalue weighted by Gasteiger charge is 2.37. The number of amides is 2. The standard InChI is InChI=1S/C27H42N2O7S2/c1-25(2,3)37-27(6,7)19-26(4,5)24(33)28-14-15-35-16-17-36-23(32)13-12-22(31)29-38(34)21-11-9-8-10-20(21)18-30/h8-11,18H,12-17,19H2,1-7H3,(H,28,33)(H,29,31). The zero-order valence-corrected chi connectivity index (χ0v) is 25.1. The fraction of sp³-hybridized carbons (Fsp3) is 0.630. The molecule has 1 rings (SSSR count). The van der Waals surface area contributed by atoms with Gasteiger partial charge in [-0.3, -0.25) is 23.9 Å². The summed E-state index contributed by atoms with van der Waals surface area (Å²) in [5.74, 6) is -1.23. The van der Waals surface area contributed by atoms with E-state index in [2.05, 4.69) is 44.7 Å². The monoisotopic (exact) mass is 570 g/mol. The molecule has 0 aliphatic carbocycles. The van der Waals surface area contributed by atoms with Gasteiger partial charge in [0.05, 0.1) is 24.5 Å². The average molecular weight is 571 g/mol. The number of thioether (sulfide) groups is 1. The Balaban J connectivity index is 2.22. The summed E-state index contributed by atoms with van der Waals surface area (Å²) in [6.45, 7) is 15.5. The minimum atomic E-state index is -1.90. The molecule has 0 saturated carbocycles. The minimum absolute atomic E-state index is 0.0107. The number of benzene rings is 1. The zero-order valence-electron chi connectivity index (χ0n) is 23.5. The molecule has 0 fully saturated rings. The van der Waals surface area contributed by atoms with Crippen LogP contribution in [0, 0.1) is 5.41 Å². The van der Waals surface area contributed by atoms with Crippen molar-refractivity contribution in [1.29, 1.82) is 0 Å². The van der Waals surface area contributed by atoms with Crippen molar-refractivity contribution in [2.75, 3.05) is 26.4 Å². The van der Waals surface area contributed by atoms with Crippen LogP contribution in [0.15, 0.2) is 29.2 Å². The highest BCUT2D eigenvalue weighted by Crippen LogP contribution is 2.43. The second kappa shape index (κ2) is 15.4. The average Bonchev–Trinajstić information content (AvgIpc) is 2.79. The summed E-state index contributed by atoms with van der Waals surface area (Å²) < 4.78 is 25.0. The number of carbonyl (C=O) groups excluding carboxylic acids is 4. The molecule has 1 atom stereocenters. The molecule has 1 aromatic rings. The quantitative estimate of drug-likeness (QED) is 0.174. The molecule has 9 nitrogen and oxygen atoms in total. The fourth-order valence-corrected chi connectivity index (χ4v) is 7.09. The zero-order chi connectivity index (χ0) is 29.0. The molecule has 2 N–H and O–H groups in total. The van der Waals surface area contributed by atoms with Crippen LogP contribution in [-0.4, -0.2) is 64.1 Å². The number of rotatable bonds is 16. The number of esters is 1. The summed E-state index contributed by atoms with van der Waals surface area (Å²) in [7, 11) is -1.90. The number of hydrogen-bond donors (Lipinski definition) is 2. The predicted octanol–water partition coefficient (Wildman–Crippen LogP) is 3.82. The van der Waals surface area contributed by atoms with Crippen LogP contribution >= 0.6 is 11.8 Å². The lowest BCUT2D eigenvalue weighted by atomic mass is 9.82. The largest absolute Gasteiger partial charge is 0.463 e. The Labute approximate surface area is 233 Å². The molecule has 0 radical (unpaired) electrons. The third kappa shape index (κ3) is 13.5. The van der Waals surface area contributed by atoms with Crippen molar-refractivity contribution < 1.29 is 32.9 Å². The van der Waals surface area contributed by atoms with Crippen molar-refractivity contribution in [3.05, 3.63) is 29.8 Å². The molecule has 1 aromatic carbocycles. The van der Waals surface area contributed by atoms with Gasteiger partial charge >= 0.3 is 5.97 Å². The van der Waals surface area contributed by atoms with E-state index in [-0.39, 0.29) is 58.5 Å². The first kappa shape index (κ1) is 33.8. The normalized spacial score (nSPS) is 12.9. The predicted molar refractivity (Wildman–Crippen MR) is 150 cm³/mol. The van der Waals surface area contributed by atoms with E-state index in [0.717, 1.165) is 6.42 Å². The van der Waals surface area contributed by atoms with Crippen LogP contribution < -0.4 is 10.0 Å². The third-order valence-electron chi connectivity index (χ3n) is 5.10. The molecule has 0 bridgehead atoms. The molecular weight excluding hydrogens is 528 g/mol. The molecule has 0 aliphatic heterocycles. The van der Waals surface area contributed by atoms with Crippen LogP contribution in [0.5, 0.6) is 0 Å². The topological polar surface area (TPSA) is 128 Å². The number of hydrogen-bond acceptors (Lipinski definition) is 8. The van der Waals surface area contributed by atoms with Crippen molar-refractivity contribution in [1.82, 2.24) is 10.0 Å². The van der Waals surface area contributed by atoms with E-state index < -0.39 is 28.3 Å². The van der Waals surface area contributed by atoms with Gasteiger partial charge in [-0.15, -0.1) is 11.8 Å². The van der Waals surface area contributed by atoms with E-state index in [1.54, 1.807) is 12.1 Å². The summed E-state index contributed by atoms with van der Waals surface area (Å²) >= 11 is 1.86. The Morgan fingerprint density at radius 2 is 1.63 bits per heavy atom. The first-order valence-electron chi connectivity index (χ1n) is 12.5. The van der Waals surface area contributed by atoms with E-state index in [4.69, 9.17) is 9.47 Å². The molecule has 0 saturated heterocycles. The Morgan fingerprint density at radius 1 is 0.974 bits per heavy atom. The minimum Gasteiger partial charge on any atom is -0.463 e. The van der Waals surface area contributed by atoms with Crippen LogP contribution in [0.2, 0.25) is 0 Å². The van der Waals surface area contributed by atoms with Crippen molar-refractivity contribution in [2.45, 2.75) is 82.1 Å². The van der Waals surface area contributed by atoms with Crippen molar-refractivity contribution in [3.8, 4) is 0 Å². The lowest BCUT2D eigenvalue weighted by Crippen LogP contribution is -2.42. The lowest BCUT2D eigenvalue weighted by Gasteiger charge is -2.37. The van der Waals surface area contributed by atoms with Gasteiger partial charge in [0.15, 0.2) is 17.3 Å². The third-order valence-corrected chi connectivity index (χ3v) is 7.59. The van der Waals surface area contributed by atoms with E-state index in [0.29, 0.717) is 12.8 Å². The Kier molecular flexibility index (Phi) is 13.7. The van der Waals surface area contributed by atoms with Crippen LogP contribution in [-0.2, 0) is 34.8 Å². The number of ether oxygens (including phenoxy) is 2. The summed E-state index contributed by atoms with van der Waals surface area (Å²) in [6, 6.07) is 6.21. The molecule has 0 spiro atoms. The van der Waals surface area contributed by atoms with Gasteiger partial charge in [-0.05, 0) is 12.5 Å². The number of nitrogens with one attached hydrogen (secondary N) is 2. The molecule has 0 heterocycles. The Bertz CT molecular complexity index is 988. The summed E-state index contributed by atoms with van der Waals surface area (Å²) in [5.41, 5.74) is -0.318. The molecule has 11 heteroatoms. The highest BCUT2D eigenvalue weighted by atomic mass is 32.2. The molecular formula is C27H42N2O7S2. The summed E-state index contributed by atoms with van der Waals surface area (Å²) in [6.07, 6.45) is 0.891. The molecule has 2 amide bonds. The highest BCUT2D eigenvalue weighted by molar-refractivity contribution is 8.01. The van der Waals surface area contributed by atoms with Gasteiger partial charge in [0, 0.05) is 33.4 Å². The van der Waals surface area contributed by atoms with Gasteiger partial charge in [-0.1, -0.05) is 66.7 Å². The first-order chi connectivity index (χ1) is 17.6. The molecule has 0 aromatic heterocycles. The van der Waals surface area contributed by atoms with Gasteiger partial charge < -0.3 is 14.8 Å². The Morgan fingerprint density at radius 3 is 2.26 bits per heavy atom. The van der Waals surface area contributed by atoms with Crippen molar-refractivity contribution in [2.24, 2.45) is 5.41 Å². The Hall–Kier alpha value is -2.24. The maximum Gasteiger partial charge on any atom is 0.306 e. The van der Waals surface area contributed by atoms with Gasteiger partial charge in [-0.2, -0.15) is 0 Å². The second-order valence-corrected chi connectivity index (χ2v) is 14.8. The van der Waals surface area contributed by atoms with E-state index in [1.807, 2.05) is 25.6 Å². The maximum absolute atomic E-state index is 12.7. The number of aldehydes is 1. The van der Waals surface area contributed by atoms with Gasteiger partial charge in [0.1, 0.15) is 6.61 Å². The summed E-state index contributed by atoms with van der Waals surface area (Å²) in [5, 5.41) is 2.91. The van der Waals surface area contributed by atoms with Crippen molar-refractivity contribution >= 4 is 46.8 Å². The van der Waals surface area contributed by atoms with E-state index in [9.17, 15) is 23.4 Å². The first-order valence-corrected chi connectivity index (χ1v) is 14.5. The maximum atomic E-state index is 12.7. The summed E-state index contributed by atoms with van der Waals surface area (Å²) in [4.78, 5) is 47.7. The second-order valence-electron chi connectivity index (χ2n) is 11.1. The fourth-order valence-electron chi connectivity index (χ4n) is 4.05. The van der Waals surface area contributed by atoms with E-state index in [1.165, 1.54) is 12.1 Å². The van der Waals surface area contributed by atoms with Crippen LogP contribution in [0.4, 0.5) is 0 Å². The van der Waals surface area contributed by atoms with Crippen molar-refractivity contribution in [3.63, 3.8) is 0 Å². The number of carbonyl (C=O) groups is 4. The van der Waals surface area contributed by atoms with Gasteiger partial charge in [0.25, 0.3) is 0 Å². The SMILES string of the molecule is CC(C)(C)SC(C)(C)CC(C)(C)C(=O)NCCOCCOC(=O)CCC(=O)NS(=O)c1ccccc1C=O. The van der Waals surface area contributed by atoms with E-state index >= 15 is 0 Å². The molecule has 0 aliphatic rings. The molecule has 214 valence electrons. The van der Waals surface area contributed by atoms with Crippen LogP contribution in [0.1, 0.15) is 78.1 Å². The van der Waals surface area contributed by atoms with Crippen LogP contribution in [0.3, 0.4) is 0 Å². The van der Waals surface area contributed by atoms with Gasteiger partial charge in [-0.25, -0.2) is 4.21 Å². The van der Waals surface area contributed by atoms with Gasteiger partial charge in [0.2, 0.25) is 11.8 Å². The smallest absolute Gasteiger partial charge is 0.306 e. The van der Waals surface area contributed by atoms with Crippen LogP contribution in [0.25, 0.3) is 0 Å². The molecule has 1 unspecified atom stereocenters. The molecule has 38 heavy (non-hydrogen) atoms. The lowest BCUT2D eigenvalue weighted by molar-refractivity contribution is -0.146.